The van der Waals surface area contributed by atoms with Crippen LogP contribution >= 0.6 is 11.9 Å². The van der Waals surface area contributed by atoms with Gasteiger partial charge in [-0.05, 0) is 44.9 Å². The minimum absolute atomic E-state index is 0.357. The second-order valence-corrected chi connectivity index (χ2v) is 4.87. The van der Waals surface area contributed by atoms with Crippen molar-refractivity contribution in [2.45, 2.75) is 18.1 Å². The third-order valence-electron chi connectivity index (χ3n) is 2.28. The first kappa shape index (κ1) is 10.7. The lowest BCUT2D eigenvalue weighted by atomic mass is 10.1. The first-order valence-electron chi connectivity index (χ1n) is 4.48. The van der Waals surface area contributed by atoms with E-state index in [0.29, 0.717) is 5.25 Å². The fourth-order valence-corrected chi connectivity index (χ4v) is 2.34. The molecule has 0 bridgehead atoms. The molecule has 0 unspecified atom stereocenters. The molecule has 0 saturated carbocycles. The van der Waals surface area contributed by atoms with E-state index in [1.807, 2.05) is 0 Å². The van der Waals surface area contributed by atoms with Gasteiger partial charge in [-0.3, -0.25) is 4.31 Å². The predicted octanol–water partition coefficient (Wildman–Crippen LogP) is 0.739. The molecular weight excluding hydrogens is 186 g/mol. The van der Waals surface area contributed by atoms with Gasteiger partial charge in [-0.2, -0.15) is 0 Å². The topological polar surface area (TPSA) is 49.6 Å². The molecule has 0 aromatic carbocycles. The maximum Gasteiger partial charge on any atom is 0.324 e. The highest BCUT2D eigenvalue weighted by molar-refractivity contribution is 7.98. The zero-order valence-electron chi connectivity index (χ0n) is 8.19. The van der Waals surface area contributed by atoms with Crippen molar-refractivity contribution >= 4 is 18.0 Å². The van der Waals surface area contributed by atoms with Crippen LogP contribution in [0.5, 0.6) is 0 Å². The molecule has 0 aliphatic carbocycles. The van der Waals surface area contributed by atoms with Crippen LogP contribution in [-0.2, 0) is 0 Å². The van der Waals surface area contributed by atoms with Crippen molar-refractivity contribution in [2.75, 3.05) is 27.2 Å². The number of nitrogens with zero attached hydrogens (tertiary/aromatic N) is 2. The van der Waals surface area contributed by atoms with E-state index in [-0.39, 0.29) is 6.03 Å². The van der Waals surface area contributed by atoms with E-state index in [9.17, 15) is 4.79 Å². The Morgan fingerprint density at radius 2 is 2.08 bits per heavy atom. The van der Waals surface area contributed by atoms with Gasteiger partial charge in [-0.1, -0.05) is 0 Å². The maximum absolute atomic E-state index is 10.8. The standard InChI is InChI=1S/C8H17N3OS/c1-10-5-3-7(4-6-10)13-11(2)8(9)12/h7H,3-6H2,1-2H3,(H2,9,12). The zero-order valence-corrected chi connectivity index (χ0v) is 9.01. The van der Waals surface area contributed by atoms with Crippen LogP contribution in [0.2, 0.25) is 0 Å². The van der Waals surface area contributed by atoms with E-state index in [1.54, 1.807) is 19.0 Å². The molecule has 13 heavy (non-hydrogen) atoms. The van der Waals surface area contributed by atoms with Crippen LogP contribution in [0.4, 0.5) is 4.79 Å². The maximum atomic E-state index is 10.8. The number of hydrogen-bond acceptors (Lipinski definition) is 3. The largest absolute Gasteiger partial charge is 0.351 e. The molecule has 0 atom stereocenters. The van der Waals surface area contributed by atoms with Gasteiger partial charge in [-0.15, -0.1) is 0 Å². The van der Waals surface area contributed by atoms with Crippen LogP contribution in [0.25, 0.3) is 0 Å². The van der Waals surface area contributed by atoms with E-state index < -0.39 is 0 Å². The molecule has 1 aliphatic heterocycles. The minimum atomic E-state index is -0.357. The smallest absolute Gasteiger partial charge is 0.324 e. The Morgan fingerprint density at radius 1 is 1.54 bits per heavy atom. The third kappa shape index (κ3) is 3.44. The van der Waals surface area contributed by atoms with Crippen molar-refractivity contribution in [3.8, 4) is 0 Å². The first-order chi connectivity index (χ1) is 6.09. The van der Waals surface area contributed by atoms with Crippen molar-refractivity contribution < 1.29 is 4.79 Å². The average molecular weight is 203 g/mol. The number of nitrogens with two attached hydrogens (primary N) is 1. The summed E-state index contributed by atoms with van der Waals surface area (Å²) >= 11 is 1.56. The van der Waals surface area contributed by atoms with Crippen molar-refractivity contribution in [3.63, 3.8) is 0 Å². The number of urea groups is 1. The van der Waals surface area contributed by atoms with E-state index in [0.717, 1.165) is 25.9 Å². The monoisotopic (exact) mass is 203 g/mol. The lowest BCUT2D eigenvalue weighted by Crippen LogP contribution is -2.35. The van der Waals surface area contributed by atoms with Gasteiger partial charge in [0.25, 0.3) is 0 Å². The van der Waals surface area contributed by atoms with Crippen LogP contribution in [-0.4, -0.2) is 47.7 Å². The number of hydrogen-bond donors (Lipinski definition) is 1. The Morgan fingerprint density at radius 3 is 2.54 bits per heavy atom. The Bertz CT molecular complexity index is 180. The van der Waals surface area contributed by atoms with E-state index in [4.69, 9.17) is 5.73 Å². The molecule has 1 fully saturated rings. The van der Waals surface area contributed by atoms with Crippen molar-refractivity contribution in [1.82, 2.24) is 9.21 Å². The highest BCUT2D eigenvalue weighted by Crippen LogP contribution is 2.24. The summed E-state index contributed by atoms with van der Waals surface area (Å²) in [4.78, 5) is 13.1. The molecule has 0 radical (unpaired) electrons. The number of likely N-dealkylation sites (tertiary alicyclic amines) is 1. The van der Waals surface area contributed by atoms with Crippen molar-refractivity contribution in [2.24, 2.45) is 5.73 Å². The number of piperidine rings is 1. The summed E-state index contributed by atoms with van der Waals surface area (Å²) in [5.74, 6) is 0. The minimum Gasteiger partial charge on any atom is -0.351 e. The zero-order chi connectivity index (χ0) is 9.84. The lowest BCUT2D eigenvalue weighted by Gasteiger charge is -2.30. The Labute approximate surface area is 83.6 Å². The van der Waals surface area contributed by atoms with Crippen LogP contribution in [0.1, 0.15) is 12.8 Å². The van der Waals surface area contributed by atoms with Crippen LogP contribution in [0.3, 0.4) is 0 Å². The van der Waals surface area contributed by atoms with E-state index in [2.05, 4.69) is 11.9 Å². The molecule has 0 aromatic heterocycles. The Kier molecular flexibility index (Phi) is 3.87. The lowest BCUT2D eigenvalue weighted by molar-refractivity contribution is 0.238. The summed E-state index contributed by atoms with van der Waals surface area (Å²) in [6.45, 7) is 2.23. The number of rotatable bonds is 2. The second kappa shape index (κ2) is 4.72. The molecule has 5 heteroatoms. The SMILES string of the molecule is CN1CCC(SN(C)C(N)=O)CC1. The Balaban J connectivity index is 2.26. The molecule has 76 valence electrons. The first-order valence-corrected chi connectivity index (χ1v) is 5.31. The number of carbonyl (C=O) groups is 1. The predicted molar refractivity (Wildman–Crippen MR) is 55.5 cm³/mol. The molecule has 1 rings (SSSR count). The highest BCUT2D eigenvalue weighted by atomic mass is 32.2. The van der Waals surface area contributed by atoms with Crippen molar-refractivity contribution in [3.05, 3.63) is 0 Å². The van der Waals surface area contributed by atoms with Gasteiger partial charge in [0.2, 0.25) is 0 Å². The van der Waals surface area contributed by atoms with E-state index in [1.165, 1.54) is 4.31 Å². The summed E-state index contributed by atoms with van der Waals surface area (Å²) in [5, 5.41) is 0.550. The summed E-state index contributed by atoms with van der Waals surface area (Å²) in [5.41, 5.74) is 5.14. The molecule has 4 nitrogen and oxygen atoms in total. The van der Waals surface area contributed by atoms with Crippen LogP contribution in [0.15, 0.2) is 0 Å². The third-order valence-corrected chi connectivity index (χ3v) is 3.55. The molecule has 1 aliphatic rings. The quantitative estimate of drug-likeness (QED) is 0.673. The summed E-state index contributed by atoms with van der Waals surface area (Å²) in [6.07, 6.45) is 2.28. The van der Waals surface area contributed by atoms with Gasteiger partial charge in [0.05, 0.1) is 0 Å². The molecule has 0 spiro atoms. The number of primary amides is 1. The molecule has 2 amide bonds. The Hall–Kier alpha value is -0.420. The van der Waals surface area contributed by atoms with Gasteiger partial charge < -0.3 is 10.6 Å². The van der Waals surface area contributed by atoms with Crippen LogP contribution in [0, 0.1) is 0 Å². The molecule has 2 N–H and O–H groups in total. The number of carbonyl (C=O) groups excluding carboxylic acids is 1. The fraction of sp³-hybridized carbons (Fsp3) is 0.875. The van der Waals surface area contributed by atoms with Gasteiger partial charge >= 0.3 is 6.03 Å². The summed E-state index contributed by atoms with van der Waals surface area (Å²) in [6, 6.07) is -0.357. The normalized spacial score (nSPS) is 20.2. The molecular formula is C8H17N3OS. The highest BCUT2D eigenvalue weighted by Gasteiger charge is 2.19. The van der Waals surface area contributed by atoms with E-state index >= 15 is 0 Å². The fourth-order valence-electron chi connectivity index (χ4n) is 1.37. The number of amides is 2. The molecule has 0 aromatic rings. The van der Waals surface area contributed by atoms with Crippen LogP contribution < -0.4 is 5.73 Å². The van der Waals surface area contributed by atoms with Gasteiger partial charge in [0.15, 0.2) is 0 Å². The summed E-state index contributed by atoms with van der Waals surface area (Å²) in [7, 11) is 3.85. The van der Waals surface area contributed by atoms with Crippen molar-refractivity contribution in [1.29, 1.82) is 0 Å². The van der Waals surface area contributed by atoms with Gasteiger partial charge in [0, 0.05) is 12.3 Å². The van der Waals surface area contributed by atoms with Gasteiger partial charge in [0.1, 0.15) is 0 Å². The summed E-state index contributed by atoms with van der Waals surface area (Å²) < 4.78 is 1.52. The molecule has 1 saturated heterocycles. The average Bonchev–Trinajstić information content (AvgIpc) is 2.08. The second-order valence-electron chi connectivity index (χ2n) is 3.44. The molecule has 1 heterocycles. The van der Waals surface area contributed by atoms with Gasteiger partial charge in [-0.25, -0.2) is 4.79 Å².